The lowest BCUT2D eigenvalue weighted by atomic mass is 10.3. The molecular weight excluding hydrogens is 340 g/mol. The zero-order valence-electron chi connectivity index (χ0n) is 12.1. The number of anilines is 1. The molecule has 0 fully saturated rings. The van der Waals surface area contributed by atoms with Crippen molar-refractivity contribution in [1.29, 1.82) is 0 Å². The molecule has 24 heavy (non-hydrogen) atoms. The van der Waals surface area contributed by atoms with E-state index in [-0.39, 0.29) is 12.2 Å². The first-order valence-corrected chi connectivity index (χ1v) is 7.61. The van der Waals surface area contributed by atoms with Gasteiger partial charge in [0.1, 0.15) is 17.9 Å². The number of carbonyl (C=O) groups is 1. The average molecular weight is 351 g/mol. The Bertz CT molecular complexity index is 920. The summed E-state index contributed by atoms with van der Waals surface area (Å²) >= 11 is 1.12. The number of amides is 1. The number of carbonyl (C=O) groups excluding carboxylic acids is 1. The highest BCUT2D eigenvalue weighted by molar-refractivity contribution is 7.16. The van der Waals surface area contributed by atoms with E-state index < -0.39 is 24.0 Å². The molecule has 124 valence electrons. The Kier molecular flexibility index (Phi) is 4.47. The van der Waals surface area contributed by atoms with Crippen LogP contribution in [0.25, 0.3) is 5.13 Å². The summed E-state index contributed by atoms with van der Waals surface area (Å²) in [6, 6.07) is 0.896. The largest absolute Gasteiger partial charge is 0.320 e. The molecule has 3 aromatic rings. The molecule has 7 nitrogen and oxygen atoms in total. The molecule has 0 spiro atoms. The van der Waals surface area contributed by atoms with Crippen LogP contribution in [0.5, 0.6) is 0 Å². The Morgan fingerprint density at radius 2 is 2.25 bits per heavy atom. The van der Waals surface area contributed by atoms with E-state index in [0.717, 1.165) is 22.0 Å². The van der Waals surface area contributed by atoms with E-state index in [0.29, 0.717) is 10.0 Å². The predicted octanol–water partition coefficient (Wildman–Crippen LogP) is 1.85. The topological polar surface area (TPSA) is 81.8 Å². The van der Waals surface area contributed by atoms with Gasteiger partial charge in [-0.3, -0.25) is 14.2 Å². The van der Waals surface area contributed by atoms with Crippen LogP contribution in [0.3, 0.4) is 0 Å². The minimum absolute atomic E-state index is 0.0585. The SMILES string of the molecule is O=C(Nc1cc(F)c(=O)n(CCF)c1)c1cnc(-n2ccnc2)s1. The highest BCUT2D eigenvalue weighted by Gasteiger charge is 2.14. The predicted molar refractivity (Wildman–Crippen MR) is 83.8 cm³/mol. The third-order valence-electron chi connectivity index (χ3n) is 3.07. The van der Waals surface area contributed by atoms with Crippen molar-refractivity contribution in [2.24, 2.45) is 0 Å². The fourth-order valence-electron chi connectivity index (χ4n) is 1.98. The van der Waals surface area contributed by atoms with E-state index in [1.54, 1.807) is 23.3 Å². The third kappa shape index (κ3) is 3.23. The molecule has 0 aliphatic heterocycles. The molecule has 0 unspecified atom stereocenters. The summed E-state index contributed by atoms with van der Waals surface area (Å²) in [7, 11) is 0. The summed E-state index contributed by atoms with van der Waals surface area (Å²) in [5, 5.41) is 3.02. The number of alkyl halides is 1. The summed E-state index contributed by atoms with van der Waals surface area (Å²) in [5.74, 6) is -1.58. The lowest BCUT2D eigenvalue weighted by Crippen LogP contribution is -2.24. The van der Waals surface area contributed by atoms with Crippen molar-refractivity contribution in [1.82, 2.24) is 19.1 Å². The Balaban J connectivity index is 1.81. The summed E-state index contributed by atoms with van der Waals surface area (Å²) in [6.07, 6.45) is 7.38. The number of imidazole rings is 1. The Morgan fingerprint density at radius 3 is 2.96 bits per heavy atom. The van der Waals surface area contributed by atoms with Crippen LogP contribution >= 0.6 is 11.3 Å². The molecule has 0 aromatic carbocycles. The van der Waals surface area contributed by atoms with Gasteiger partial charge in [-0.15, -0.1) is 0 Å². The maximum atomic E-state index is 13.6. The van der Waals surface area contributed by atoms with Crippen LogP contribution in [-0.2, 0) is 6.54 Å². The first-order chi connectivity index (χ1) is 11.6. The van der Waals surface area contributed by atoms with Gasteiger partial charge in [-0.25, -0.2) is 18.7 Å². The smallest absolute Gasteiger partial charge is 0.286 e. The molecule has 0 aliphatic carbocycles. The van der Waals surface area contributed by atoms with Gasteiger partial charge in [0, 0.05) is 24.7 Å². The van der Waals surface area contributed by atoms with Crippen LogP contribution in [0.1, 0.15) is 9.67 Å². The van der Waals surface area contributed by atoms with Crippen molar-refractivity contribution in [2.45, 2.75) is 6.54 Å². The Morgan fingerprint density at radius 1 is 1.42 bits per heavy atom. The minimum atomic E-state index is -1.07. The molecule has 1 amide bonds. The zero-order chi connectivity index (χ0) is 17.1. The van der Waals surface area contributed by atoms with Crippen LogP contribution in [0.2, 0.25) is 0 Å². The molecule has 0 radical (unpaired) electrons. The van der Waals surface area contributed by atoms with Gasteiger partial charge in [-0.05, 0) is 0 Å². The van der Waals surface area contributed by atoms with Crippen LogP contribution < -0.4 is 10.9 Å². The molecule has 0 atom stereocenters. The van der Waals surface area contributed by atoms with E-state index in [1.807, 2.05) is 0 Å². The summed E-state index contributed by atoms with van der Waals surface area (Å²) < 4.78 is 28.5. The van der Waals surface area contributed by atoms with Gasteiger partial charge in [0.05, 0.1) is 18.4 Å². The highest BCUT2D eigenvalue weighted by Crippen LogP contribution is 2.18. The molecule has 3 rings (SSSR count). The van der Waals surface area contributed by atoms with E-state index in [4.69, 9.17) is 0 Å². The van der Waals surface area contributed by atoms with Crippen LogP contribution in [0, 0.1) is 5.82 Å². The second-order valence-electron chi connectivity index (χ2n) is 4.70. The van der Waals surface area contributed by atoms with Gasteiger partial charge in [-0.1, -0.05) is 11.3 Å². The number of thiazole rings is 1. The summed E-state index contributed by atoms with van der Waals surface area (Å²) in [6.45, 7) is -1.11. The number of nitrogens with one attached hydrogen (secondary N) is 1. The van der Waals surface area contributed by atoms with E-state index in [9.17, 15) is 18.4 Å². The van der Waals surface area contributed by atoms with Gasteiger partial charge < -0.3 is 9.88 Å². The second-order valence-corrected chi connectivity index (χ2v) is 5.70. The lowest BCUT2D eigenvalue weighted by Gasteiger charge is -2.08. The number of hydrogen-bond acceptors (Lipinski definition) is 5. The summed E-state index contributed by atoms with van der Waals surface area (Å²) in [5.41, 5.74) is -0.881. The minimum Gasteiger partial charge on any atom is -0.320 e. The fourth-order valence-corrected chi connectivity index (χ4v) is 2.74. The zero-order valence-corrected chi connectivity index (χ0v) is 13.0. The van der Waals surface area contributed by atoms with Gasteiger partial charge in [0.15, 0.2) is 10.9 Å². The number of hydrogen-bond donors (Lipinski definition) is 1. The third-order valence-corrected chi connectivity index (χ3v) is 4.08. The lowest BCUT2D eigenvalue weighted by molar-refractivity contribution is 0.103. The quantitative estimate of drug-likeness (QED) is 0.761. The Hall–Kier alpha value is -2.88. The van der Waals surface area contributed by atoms with Crippen molar-refractivity contribution in [2.75, 3.05) is 12.0 Å². The first kappa shape index (κ1) is 16.0. The molecule has 0 saturated carbocycles. The second kappa shape index (κ2) is 6.71. The molecule has 0 bridgehead atoms. The fraction of sp³-hybridized carbons (Fsp3) is 0.143. The van der Waals surface area contributed by atoms with Gasteiger partial charge in [0.25, 0.3) is 11.5 Å². The highest BCUT2D eigenvalue weighted by atomic mass is 32.1. The van der Waals surface area contributed by atoms with E-state index in [2.05, 4.69) is 15.3 Å². The van der Waals surface area contributed by atoms with Gasteiger partial charge >= 0.3 is 0 Å². The van der Waals surface area contributed by atoms with Crippen molar-refractivity contribution in [3.63, 3.8) is 0 Å². The van der Waals surface area contributed by atoms with Gasteiger partial charge in [-0.2, -0.15) is 0 Å². The maximum absolute atomic E-state index is 13.6. The van der Waals surface area contributed by atoms with Crippen molar-refractivity contribution < 1.29 is 13.6 Å². The molecular formula is C14H11F2N5O2S. The first-order valence-electron chi connectivity index (χ1n) is 6.80. The standard InChI is InChI=1S/C14H11F2N5O2S/c15-1-3-20-7-9(5-10(16)13(20)23)19-12(22)11-6-18-14(24-11)21-4-2-17-8-21/h2,4-8H,1,3H2,(H,19,22). The van der Waals surface area contributed by atoms with Crippen LogP contribution in [-0.4, -0.2) is 31.7 Å². The number of rotatable bonds is 5. The van der Waals surface area contributed by atoms with Gasteiger partial charge in [0.2, 0.25) is 0 Å². The molecule has 0 aliphatic rings. The number of aryl methyl sites for hydroxylation is 1. The molecule has 10 heteroatoms. The number of halogens is 2. The number of nitrogens with zero attached hydrogens (tertiary/aromatic N) is 4. The van der Waals surface area contributed by atoms with Crippen molar-refractivity contribution in [3.8, 4) is 5.13 Å². The number of aromatic nitrogens is 4. The van der Waals surface area contributed by atoms with E-state index in [1.165, 1.54) is 12.4 Å². The monoisotopic (exact) mass is 351 g/mol. The molecule has 0 saturated heterocycles. The molecule has 3 heterocycles. The summed E-state index contributed by atoms with van der Waals surface area (Å²) in [4.78, 5) is 32.0. The molecule has 1 N–H and O–H groups in total. The number of pyridine rings is 1. The van der Waals surface area contributed by atoms with Crippen molar-refractivity contribution >= 4 is 22.9 Å². The average Bonchev–Trinajstić information content (AvgIpc) is 3.23. The van der Waals surface area contributed by atoms with Crippen LogP contribution in [0.4, 0.5) is 14.5 Å². The van der Waals surface area contributed by atoms with Crippen molar-refractivity contribution in [3.05, 3.63) is 58.2 Å². The Labute approximate surface area is 138 Å². The van der Waals surface area contributed by atoms with E-state index >= 15 is 0 Å². The normalized spacial score (nSPS) is 10.8. The van der Waals surface area contributed by atoms with Crippen LogP contribution in [0.15, 0.2) is 42.0 Å². The maximum Gasteiger partial charge on any atom is 0.286 e. The molecule has 3 aromatic heterocycles.